The van der Waals surface area contributed by atoms with Crippen molar-refractivity contribution in [2.75, 3.05) is 0 Å². The van der Waals surface area contributed by atoms with Gasteiger partial charge < -0.3 is 14.9 Å². The van der Waals surface area contributed by atoms with Crippen molar-refractivity contribution in [3.63, 3.8) is 0 Å². The van der Waals surface area contributed by atoms with Crippen LogP contribution in [0.25, 0.3) is 0 Å². The van der Waals surface area contributed by atoms with E-state index in [1.165, 1.54) is 0 Å². The highest BCUT2D eigenvalue weighted by Crippen LogP contribution is 2.64. The van der Waals surface area contributed by atoms with Crippen molar-refractivity contribution in [1.82, 2.24) is 0 Å². The van der Waals surface area contributed by atoms with E-state index in [9.17, 15) is 15.0 Å². The maximum Gasteiger partial charge on any atom is 0.306 e. The summed E-state index contributed by atoms with van der Waals surface area (Å²) >= 11 is 0. The van der Waals surface area contributed by atoms with Crippen molar-refractivity contribution < 1.29 is 19.7 Å². The minimum atomic E-state index is -0.991. The number of fused-ring (bicyclic) bond motifs is 3. The largest absolute Gasteiger partial charge is 0.456 e. The molecule has 20 heavy (non-hydrogen) atoms. The third-order valence-electron chi connectivity index (χ3n) is 6.53. The summed E-state index contributed by atoms with van der Waals surface area (Å²) in [6.07, 6.45) is 1.68. The Bertz CT molecular complexity index is 446. The molecule has 114 valence electrons. The molecule has 3 rings (SSSR count). The van der Waals surface area contributed by atoms with E-state index >= 15 is 0 Å². The molecule has 0 bridgehead atoms. The second-order valence-electron chi connectivity index (χ2n) is 8.18. The predicted molar refractivity (Wildman–Crippen MR) is 73.8 cm³/mol. The maximum absolute atomic E-state index is 11.8. The van der Waals surface area contributed by atoms with E-state index < -0.39 is 17.8 Å². The highest BCUT2D eigenvalue weighted by Gasteiger charge is 2.69. The van der Waals surface area contributed by atoms with Gasteiger partial charge in [-0.25, -0.2) is 0 Å². The van der Waals surface area contributed by atoms with Gasteiger partial charge in [0.15, 0.2) is 0 Å². The minimum Gasteiger partial charge on any atom is -0.456 e. The van der Waals surface area contributed by atoms with Gasteiger partial charge in [0.2, 0.25) is 0 Å². The Hall–Kier alpha value is -0.610. The van der Waals surface area contributed by atoms with Gasteiger partial charge >= 0.3 is 5.97 Å². The Morgan fingerprint density at radius 3 is 2.45 bits per heavy atom. The summed E-state index contributed by atoms with van der Waals surface area (Å²) in [6, 6.07) is 0. The summed E-state index contributed by atoms with van der Waals surface area (Å²) in [7, 11) is 0. The zero-order valence-corrected chi connectivity index (χ0v) is 12.8. The highest BCUT2D eigenvalue weighted by atomic mass is 16.6. The molecule has 0 aromatic heterocycles. The van der Waals surface area contributed by atoms with E-state index in [0.29, 0.717) is 6.42 Å². The van der Waals surface area contributed by atoms with Crippen LogP contribution in [0.3, 0.4) is 0 Å². The average molecular weight is 282 g/mol. The normalized spacial score (nSPS) is 54.0. The average Bonchev–Trinajstić information content (AvgIpc) is 2.63. The van der Waals surface area contributed by atoms with Gasteiger partial charge in [-0.05, 0) is 36.5 Å². The number of aliphatic hydroxyl groups is 2. The number of hydrogen-bond donors (Lipinski definition) is 2. The highest BCUT2D eigenvalue weighted by molar-refractivity contribution is 5.73. The van der Waals surface area contributed by atoms with Gasteiger partial charge in [-0.1, -0.05) is 27.2 Å². The Balaban J connectivity index is 2.11. The summed E-state index contributed by atoms with van der Waals surface area (Å²) < 4.78 is 5.47. The zero-order chi connectivity index (χ0) is 14.9. The molecule has 4 heteroatoms. The first kappa shape index (κ1) is 14.3. The summed E-state index contributed by atoms with van der Waals surface area (Å²) in [6.45, 7) is 8.31. The van der Waals surface area contributed by atoms with Crippen molar-refractivity contribution in [3.8, 4) is 0 Å². The Kier molecular flexibility index (Phi) is 2.85. The van der Waals surface area contributed by atoms with E-state index in [4.69, 9.17) is 4.74 Å². The zero-order valence-electron chi connectivity index (χ0n) is 12.8. The third-order valence-corrected chi connectivity index (χ3v) is 6.53. The number of esters is 1. The maximum atomic E-state index is 11.8. The SMILES string of the molecule is CC1(C)CCCC2(C)C1C(O)C(O)C1(C)OC(=O)CC21. The lowest BCUT2D eigenvalue weighted by atomic mass is 9.44. The molecule has 0 radical (unpaired) electrons. The molecule has 6 unspecified atom stereocenters. The van der Waals surface area contributed by atoms with Gasteiger partial charge in [-0.2, -0.15) is 0 Å². The predicted octanol–water partition coefficient (Wildman–Crippen LogP) is 1.88. The van der Waals surface area contributed by atoms with Crippen molar-refractivity contribution in [2.24, 2.45) is 22.7 Å². The third kappa shape index (κ3) is 1.58. The van der Waals surface area contributed by atoms with E-state index in [-0.39, 0.29) is 28.6 Å². The molecule has 3 aliphatic rings. The molecule has 2 N–H and O–H groups in total. The van der Waals surface area contributed by atoms with Crippen LogP contribution in [0.4, 0.5) is 0 Å². The van der Waals surface area contributed by atoms with Gasteiger partial charge in [-0.15, -0.1) is 0 Å². The van der Waals surface area contributed by atoms with Gasteiger partial charge in [0.25, 0.3) is 0 Å². The summed E-state index contributed by atoms with van der Waals surface area (Å²) in [4.78, 5) is 11.8. The molecule has 0 spiro atoms. The van der Waals surface area contributed by atoms with Crippen LogP contribution in [-0.4, -0.2) is 34.0 Å². The topological polar surface area (TPSA) is 66.8 Å². The van der Waals surface area contributed by atoms with Gasteiger partial charge in [0, 0.05) is 5.92 Å². The van der Waals surface area contributed by atoms with Gasteiger partial charge in [0.1, 0.15) is 11.7 Å². The number of carbonyl (C=O) groups excluding carboxylic acids is 1. The fourth-order valence-corrected chi connectivity index (χ4v) is 5.77. The molecule has 0 aromatic carbocycles. The van der Waals surface area contributed by atoms with Crippen LogP contribution in [0.1, 0.15) is 53.4 Å². The molecule has 3 fully saturated rings. The minimum absolute atomic E-state index is 0.00586. The molecular formula is C16H26O4. The first-order valence-electron chi connectivity index (χ1n) is 7.71. The second kappa shape index (κ2) is 3.98. The van der Waals surface area contributed by atoms with E-state index in [1.54, 1.807) is 6.92 Å². The van der Waals surface area contributed by atoms with Crippen LogP contribution in [0.2, 0.25) is 0 Å². The van der Waals surface area contributed by atoms with Crippen molar-refractivity contribution in [3.05, 3.63) is 0 Å². The van der Waals surface area contributed by atoms with E-state index in [0.717, 1.165) is 19.3 Å². The molecule has 4 nitrogen and oxygen atoms in total. The molecule has 1 heterocycles. The number of aliphatic hydroxyl groups excluding tert-OH is 2. The second-order valence-corrected chi connectivity index (χ2v) is 8.18. The lowest BCUT2D eigenvalue weighted by Gasteiger charge is -2.62. The number of hydrogen-bond acceptors (Lipinski definition) is 4. The molecule has 0 amide bonds. The van der Waals surface area contributed by atoms with Crippen molar-refractivity contribution >= 4 is 5.97 Å². The van der Waals surface area contributed by atoms with Crippen LogP contribution in [0, 0.1) is 22.7 Å². The first-order chi connectivity index (χ1) is 9.13. The van der Waals surface area contributed by atoms with Crippen LogP contribution in [0.15, 0.2) is 0 Å². The monoisotopic (exact) mass is 282 g/mol. The van der Waals surface area contributed by atoms with Crippen LogP contribution < -0.4 is 0 Å². The summed E-state index contributed by atoms with van der Waals surface area (Å²) in [5.41, 5.74) is -1.11. The van der Waals surface area contributed by atoms with E-state index in [2.05, 4.69) is 20.8 Å². The first-order valence-corrected chi connectivity index (χ1v) is 7.71. The summed E-state index contributed by atoms with van der Waals surface area (Å²) in [5.74, 6) is -0.245. The molecule has 2 aliphatic carbocycles. The van der Waals surface area contributed by atoms with Crippen LogP contribution >= 0.6 is 0 Å². The molecule has 2 saturated carbocycles. The number of ether oxygens (including phenoxy) is 1. The Labute approximate surface area is 120 Å². The van der Waals surface area contributed by atoms with E-state index in [1.807, 2.05) is 0 Å². The Morgan fingerprint density at radius 2 is 1.80 bits per heavy atom. The van der Waals surface area contributed by atoms with Gasteiger partial charge in [-0.3, -0.25) is 4.79 Å². The molecule has 1 aliphatic heterocycles. The smallest absolute Gasteiger partial charge is 0.306 e. The molecular weight excluding hydrogens is 256 g/mol. The van der Waals surface area contributed by atoms with Crippen LogP contribution in [0.5, 0.6) is 0 Å². The fourth-order valence-electron chi connectivity index (χ4n) is 5.77. The van der Waals surface area contributed by atoms with Crippen molar-refractivity contribution in [2.45, 2.75) is 71.2 Å². The quantitative estimate of drug-likeness (QED) is 0.666. The Morgan fingerprint density at radius 1 is 1.15 bits per heavy atom. The fraction of sp³-hybridized carbons (Fsp3) is 0.938. The lowest BCUT2D eigenvalue weighted by Crippen LogP contribution is -2.68. The number of rotatable bonds is 0. The van der Waals surface area contributed by atoms with Gasteiger partial charge in [0.05, 0.1) is 12.5 Å². The molecule has 6 atom stereocenters. The molecule has 0 aromatic rings. The lowest BCUT2D eigenvalue weighted by molar-refractivity contribution is -0.251. The number of carbonyl (C=O) groups is 1. The van der Waals surface area contributed by atoms with Crippen molar-refractivity contribution in [1.29, 1.82) is 0 Å². The standard InChI is InChI=1S/C16H26O4/c1-14(2)6-5-7-15(3)9-8-10(17)20-16(9,4)13(19)11(18)12(14)15/h9,11-13,18-19H,5-8H2,1-4H3. The summed E-state index contributed by atoms with van der Waals surface area (Å²) in [5, 5.41) is 21.3. The molecule has 1 saturated heterocycles. The van der Waals surface area contributed by atoms with Crippen LogP contribution in [-0.2, 0) is 9.53 Å².